The molecule has 0 aliphatic carbocycles. The molecule has 0 aromatic carbocycles. The van der Waals surface area contributed by atoms with Crippen molar-refractivity contribution in [3.8, 4) is 5.82 Å². The fourth-order valence-electron chi connectivity index (χ4n) is 1.61. The van der Waals surface area contributed by atoms with Crippen LogP contribution < -0.4 is 11.1 Å². The lowest BCUT2D eigenvalue weighted by molar-refractivity contribution is 0.0995. The summed E-state index contributed by atoms with van der Waals surface area (Å²) in [5, 5.41) is 7.33. The molecule has 18 heavy (non-hydrogen) atoms. The van der Waals surface area contributed by atoms with Gasteiger partial charge in [0.25, 0.3) is 5.91 Å². The third-order valence-electron chi connectivity index (χ3n) is 2.49. The Morgan fingerprint density at radius 1 is 1.50 bits per heavy atom. The third kappa shape index (κ3) is 2.54. The highest BCUT2D eigenvalue weighted by Gasteiger charge is 2.09. The van der Waals surface area contributed by atoms with Crippen molar-refractivity contribution in [2.24, 2.45) is 5.73 Å². The predicted molar refractivity (Wildman–Crippen MR) is 67.3 cm³/mol. The number of nitrogens with two attached hydrogens (primary N) is 1. The SMILES string of the molecule is CCNCc1cccnc1-n1ccc(C(N)=O)n1. The third-order valence-corrected chi connectivity index (χ3v) is 2.49. The van der Waals surface area contributed by atoms with Gasteiger partial charge in [0.2, 0.25) is 0 Å². The van der Waals surface area contributed by atoms with Crippen LogP contribution >= 0.6 is 0 Å². The van der Waals surface area contributed by atoms with Crippen LogP contribution in [0.3, 0.4) is 0 Å². The van der Waals surface area contributed by atoms with Gasteiger partial charge in [-0.1, -0.05) is 13.0 Å². The highest BCUT2D eigenvalue weighted by Crippen LogP contribution is 2.10. The first-order valence-corrected chi connectivity index (χ1v) is 5.73. The summed E-state index contributed by atoms with van der Waals surface area (Å²) in [6, 6.07) is 5.42. The van der Waals surface area contributed by atoms with Crippen LogP contribution in [0.25, 0.3) is 5.82 Å². The van der Waals surface area contributed by atoms with Crippen molar-refractivity contribution in [3.05, 3.63) is 41.9 Å². The second-order valence-corrected chi connectivity index (χ2v) is 3.78. The maximum atomic E-state index is 11.0. The topological polar surface area (TPSA) is 85.8 Å². The summed E-state index contributed by atoms with van der Waals surface area (Å²) in [6.07, 6.45) is 3.37. The van der Waals surface area contributed by atoms with Crippen molar-refractivity contribution in [3.63, 3.8) is 0 Å². The predicted octanol–water partition coefficient (Wildman–Crippen LogP) is 0.476. The van der Waals surface area contributed by atoms with E-state index in [1.165, 1.54) is 0 Å². The van der Waals surface area contributed by atoms with Crippen molar-refractivity contribution >= 4 is 5.91 Å². The van der Waals surface area contributed by atoms with Gasteiger partial charge in [0.1, 0.15) is 5.69 Å². The Hall–Kier alpha value is -2.21. The smallest absolute Gasteiger partial charge is 0.269 e. The molecule has 2 rings (SSSR count). The molecule has 0 bridgehead atoms. The minimum atomic E-state index is -0.544. The molecule has 3 N–H and O–H groups in total. The molecule has 0 saturated heterocycles. The Balaban J connectivity index is 2.33. The molecule has 2 aromatic rings. The van der Waals surface area contributed by atoms with Crippen LogP contribution in [-0.4, -0.2) is 27.2 Å². The minimum Gasteiger partial charge on any atom is -0.364 e. The van der Waals surface area contributed by atoms with Gasteiger partial charge in [-0.25, -0.2) is 9.67 Å². The average molecular weight is 245 g/mol. The van der Waals surface area contributed by atoms with Crippen molar-refractivity contribution in [2.75, 3.05) is 6.54 Å². The quantitative estimate of drug-likeness (QED) is 0.802. The van der Waals surface area contributed by atoms with Crippen LogP contribution in [0.4, 0.5) is 0 Å². The van der Waals surface area contributed by atoms with Crippen molar-refractivity contribution in [1.29, 1.82) is 0 Å². The zero-order valence-electron chi connectivity index (χ0n) is 10.1. The number of pyridine rings is 1. The van der Waals surface area contributed by atoms with Gasteiger partial charge in [-0.05, 0) is 18.7 Å². The highest BCUT2D eigenvalue weighted by molar-refractivity contribution is 5.90. The summed E-state index contributed by atoms with van der Waals surface area (Å²) in [5.41, 5.74) is 6.42. The number of amides is 1. The molecule has 1 amide bonds. The molecule has 0 unspecified atom stereocenters. The van der Waals surface area contributed by atoms with E-state index in [1.54, 1.807) is 23.1 Å². The number of aromatic nitrogens is 3. The van der Waals surface area contributed by atoms with Gasteiger partial charge in [0.15, 0.2) is 5.82 Å². The fraction of sp³-hybridized carbons (Fsp3) is 0.250. The number of nitrogens with one attached hydrogen (secondary N) is 1. The number of hydrogen-bond donors (Lipinski definition) is 2. The molecule has 0 radical (unpaired) electrons. The summed E-state index contributed by atoms with van der Waals surface area (Å²) >= 11 is 0. The van der Waals surface area contributed by atoms with Crippen molar-refractivity contribution in [2.45, 2.75) is 13.5 Å². The number of primary amides is 1. The van der Waals surface area contributed by atoms with Gasteiger partial charge in [0.05, 0.1) is 0 Å². The van der Waals surface area contributed by atoms with E-state index >= 15 is 0 Å². The first kappa shape index (κ1) is 12.3. The Bertz CT molecular complexity index is 549. The van der Waals surface area contributed by atoms with Gasteiger partial charge in [0, 0.05) is 24.5 Å². The standard InChI is InChI=1S/C12H15N5O/c1-2-14-8-9-4-3-6-15-12(9)17-7-5-10(16-17)11(13)18/h3-7,14H,2,8H2,1H3,(H2,13,18). The van der Waals surface area contributed by atoms with Gasteiger partial charge in [-0.3, -0.25) is 4.79 Å². The maximum absolute atomic E-state index is 11.0. The molecule has 0 aliphatic heterocycles. The van der Waals surface area contributed by atoms with E-state index in [0.29, 0.717) is 12.4 Å². The van der Waals surface area contributed by atoms with Crippen LogP contribution in [0.15, 0.2) is 30.6 Å². The molecular formula is C12H15N5O. The molecule has 2 heterocycles. The molecular weight excluding hydrogens is 230 g/mol. The van der Waals surface area contributed by atoms with Crippen molar-refractivity contribution in [1.82, 2.24) is 20.1 Å². The number of rotatable bonds is 5. The Labute approximate surface area is 105 Å². The van der Waals surface area contributed by atoms with Gasteiger partial charge in [-0.2, -0.15) is 5.10 Å². The van der Waals surface area contributed by atoms with Crippen LogP contribution in [0.5, 0.6) is 0 Å². The summed E-state index contributed by atoms with van der Waals surface area (Å²) in [5.74, 6) is 0.156. The minimum absolute atomic E-state index is 0.232. The normalized spacial score (nSPS) is 10.5. The monoisotopic (exact) mass is 245 g/mol. The Morgan fingerprint density at radius 2 is 2.33 bits per heavy atom. The van der Waals surface area contributed by atoms with Crippen molar-refractivity contribution < 1.29 is 4.79 Å². The number of nitrogens with zero attached hydrogens (tertiary/aromatic N) is 3. The molecule has 0 fully saturated rings. The lowest BCUT2D eigenvalue weighted by Crippen LogP contribution is -2.16. The van der Waals surface area contributed by atoms with E-state index in [4.69, 9.17) is 5.73 Å². The second kappa shape index (κ2) is 5.42. The van der Waals surface area contributed by atoms with E-state index in [2.05, 4.69) is 15.4 Å². The lowest BCUT2D eigenvalue weighted by atomic mass is 10.2. The molecule has 6 heteroatoms. The van der Waals surface area contributed by atoms with Crippen LogP contribution in [0, 0.1) is 0 Å². The first-order chi connectivity index (χ1) is 8.72. The number of hydrogen-bond acceptors (Lipinski definition) is 4. The zero-order chi connectivity index (χ0) is 13.0. The average Bonchev–Trinajstić information content (AvgIpc) is 2.86. The van der Waals surface area contributed by atoms with E-state index in [0.717, 1.165) is 12.1 Å². The summed E-state index contributed by atoms with van der Waals surface area (Å²) in [4.78, 5) is 15.3. The Kier molecular flexibility index (Phi) is 3.69. The zero-order valence-corrected chi connectivity index (χ0v) is 10.1. The molecule has 6 nitrogen and oxygen atoms in total. The largest absolute Gasteiger partial charge is 0.364 e. The molecule has 0 spiro atoms. The fourth-order valence-corrected chi connectivity index (χ4v) is 1.61. The molecule has 0 atom stereocenters. The van der Waals surface area contributed by atoms with Crippen LogP contribution in [0.2, 0.25) is 0 Å². The number of carbonyl (C=O) groups is 1. The summed E-state index contributed by atoms with van der Waals surface area (Å²) in [7, 11) is 0. The van der Waals surface area contributed by atoms with E-state index < -0.39 is 5.91 Å². The maximum Gasteiger partial charge on any atom is 0.269 e. The lowest BCUT2D eigenvalue weighted by Gasteiger charge is -2.08. The second-order valence-electron chi connectivity index (χ2n) is 3.78. The Morgan fingerprint density at radius 3 is 3.00 bits per heavy atom. The molecule has 94 valence electrons. The van der Waals surface area contributed by atoms with Gasteiger partial charge < -0.3 is 11.1 Å². The van der Waals surface area contributed by atoms with Gasteiger partial charge >= 0.3 is 0 Å². The summed E-state index contributed by atoms with van der Waals surface area (Å²) < 4.78 is 1.56. The van der Waals surface area contributed by atoms with Gasteiger partial charge in [-0.15, -0.1) is 0 Å². The molecule has 2 aromatic heterocycles. The highest BCUT2D eigenvalue weighted by atomic mass is 16.1. The molecule has 0 saturated carbocycles. The van der Waals surface area contributed by atoms with E-state index in [-0.39, 0.29) is 5.69 Å². The van der Waals surface area contributed by atoms with E-state index in [1.807, 2.05) is 19.1 Å². The van der Waals surface area contributed by atoms with Crippen LogP contribution in [0.1, 0.15) is 23.0 Å². The van der Waals surface area contributed by atoms with Crippen LogP contribution in [-0.2, 0) is 6.54 Å². The molecule has 0 aliphatic rings. The number of carbonyl (C=O) groups excluding carboxylic acids is 1. The summed E-state index contributed by atoms with van der Waals surface area (Å²) in [6.45, 7) is 3.61. The first-order valence-electron chi connectivity index (χ1n) is 5.73. The van der Waals surface area contributed by atoms with E-state index in [9.17, 15) is 4.79 Å².